The highest BCUT2D eigenvalue weighted by Crippen LogP contribution is 2.32. The quantitative estimate of drug-likeness (QED) is 0.822. The molecule has 0 fully saturated rings. The van der Waals surface area contributed by atoms with Crippen molar-refractivity contribution in [3.8, 4) is 11.5 Å². The fourth-order valence-electron chi connectivity index (χ4n) is 1.90. The first-order chi connectivity index (χ1) is 9.15. The van der Waals surface area contributed by atoms with Gasteiger partial charge in [0.25, 0.3) is 0 Å². The van der Waals surface area contributed by atoms with Gasteiger partial charge in [-0.3, -0.25) is 0 Å². The van der Waals surface area contributed by atoms with Crippen LogP contribution in [0.15, 0.2) is 18.2 Å². The van der Waals surface area contributed by atoms with Gasteiger partial charge in [-0.15, -0.1) is 0 Å². The molecule has 0 aliphatic carbocycles. The molecule has 1 N–H and O–H groups in total. The van der Waals surface area contributed by atoms with Gasteiger partial charge in [-0.05, 0) is 37.1 Å². The van der Waals surface area contributed by atoms with Crippen molar-refractivity contribution < 1.29 is 14.2 Å². The first kappa shape index (κ1) is 14.2. The minimum absolute atomic E-state index is 0.198. The third kappa shape index (κ3) is 4.40. The zero-order valence-corrected chi connectivity index (χ0v) is 11.9. The Kier molecular flexibility index (Phi) is 5.05. The summed E-state index contributed by atoms with van der Waals surface area (Å²) in [7, 11) is 0. The number of hydrogen-bond donors (Lipinski definition) is 1. The van der Waals surface area contributed by atoms with E-state index in [1.807, 2.05) is 18.2 Å². The Hall–Kier alpha value is -1.26. The molecule has 0 saturated carbocycles. The molecule has 1 aromatic rings. The smallest absolute Gasteiger partial charge is 0.231 e. The van der Waals surface area contributed by atoms with Gasteiger partial charge in [0.15, 0.2) is 11.5 Å². The SMILES string of the molecule is CC(C)CNCC(C)OCc1ccc2c(c1)OCO2. The standard InChI is InChI=1S/C15H23NO3/c1-11(2)7-16-8-12(3)17-9-13-4-5-14-15(6-13)19-10-18-14/h4-6,11-12,16H,7-10H2,1-3H3. The van der Waals surface area contributed by atoms with Gasteiger partial charge in [0.2, 0.25) is 6.79 Å². The molecule has 0 radical (unpaired) electrons. The highest BCUT2D eigenvalue weighted by Gasteiger charge is 2.13. The van der Waals surface area contributed by atoms with Gasteiger partial charge in [0.1, 0.15) is 0 Å². The summed E-state index contributed by atoms with van der Waals surface area (Å²) in [6, 6.07) is 5.93. The predicted molar refractivity (Wildman–Crippen MR) is 74.5 cm³/mol. The van der Waals surface area contributed by atoms with Gasteiger partial charge in [-0.25, -0.2) is 0 Å². The second-order valence-corrected chi connectivity index (χ2v) is 5.36. The Morgan fingerprint density at radius 3 is 2.74 bits per heavy atom. The number of ether oxygens (including phenoxy) is 3. The lowest BCUT2D eigenvalue weighted by Crippen LogP contribution is -2.29. The van der Waals surface area contributed by atoms with E-state index in [9.17, 15) is 0 Å². The molecule has 4 nitrogen and oxygen atoms in total. The van der Waals surface area contributed by atoms with Crippen LogP contribution in [-0.2, 0) is 11.3 Å². The van der Waals surface area contributed by atoms with Crippen LogP contribution in [0.4, 0.5) is 0 Å². The number of benzene rings is 1. The highest BCUT2D eigenvalue weighted by molar-refractivity contribution is 5.44. The number of fused-ring (bicyclic) bond motifs is 1. The van der Waals surface area contributed by atoms with E-state index in [1.165, 1.54) is 0 Å². The summed E-state index contributed by atoms with van der Waals surface area (Å²) >= 11 is 0. The van der Waals surface area contributed by atoms with E-state index in [-0.39, 0.29) is 6.10 Å². The molecule has 106 valence electrons. The summed E-state index contributed by atoms with van der Waals surface area (Å²) in [5.74, 6) is 2.29. The number of nitrogens with one attached hydrogen (secondary N) is 1. The van der Waals surface area contributed by atoms with Gasteiger partial charge in [-0.1, -0.05) is 19.9 Å². The first-order valence-corrected chi connectivity index (χ1v) is 6.86. The summed E-state index contributed by atoms with van der Waals surface area (Å²) < 4.78 is 16.4. The van der Waals surface area contributed by atoms with E-state index in [1.54, 1.807) is 0 Å². The Labute approximate surface area is 115 Å². The monoisotopic (exact) mass is 265 g/mol. The van der Waals surface area contributed by atoms with Gasteiger partial charge < -0.3 is 19.5 Å². The average Bonchev–Trinajstić information content (AvgIpc) is 2.83. The van der Waals surface area contributed by atoms with Crippen molar-refractivity contribution in [2.24, 2.45) is 5.92 Å². The van der Waals surface area contributed by atoms with Crippen LogP contribution in [0.1, 0.15) is 26.3 Å². The van der Waals surface area contributed by atoms with E-state index in [0.29, 0.717) is 19.3 Å². The van der Waals surface area contributed by atoms with E-state index < -0.39 is 0 Å². The number of hydrogen-bond acceptors (Lipinski definition) is 4. The van der Waals surface area contributed by atoms with Crippen molar-refractivity contribution in [1.29, 1.82) is 0 Å². The summed E-state index contributed by atoms with van der Waals surface area (Å²) in [6.07, 6.45) is 0.198. The molecule has 0 aromatic heterocycles. The molecule has 19 heavy (non-hydrogen) atoms. The summed E-state index contributed by atoms with van der Waals surface area (Å²) in [5.41, 5.74) is 1.11. The Bertz CT molecular complexity index is 406. The maximum absolute atomic E-state index is 5.81. The zero-order chi connectivity index (χ0) is 13.7. The molecule has 2 rings (SSSR count). The van der Waals surface area contributed by atoms with Crippen LogP contribution in [0.25, 0.3) is 0 Å². The Balaban J connectivity index is 1.73. The predicted octanol–water partition coefficient (Wildman–Crippen LogP) is 2.57. The third-order valence-corrected chi connectivity index (χ3v) is 2.96. The summed E-state index contributed by atoms with van der Waals surface area (Å²) in [6.45, 7) is 9.30. The van der Waals surface area contributed by atoms with E-state index in [0.717, 1.165) is 30.2 Å². The molecule has 4 heteroatoms. The lowest BCUT2D eigenvalue weighted by atomic mass is 10.2. The lowest BCUT2D eigenvalue weighted by molar-refractivity contribution is 0.0528. The topological polar surface area (TPSA) is 39.7 Å². The summed E-state index contributed by atoms with van der Waals surface area (Å²) in [4.78, 5) is 0. The van der Waals surface area contributed by atoms with Crippen LogP contribution in [-0.4, -0.2) is 26.0 Å². The van der Waals surface area contributed by atoms with Crippen LogP contribution in [0, 0.1) is 5.92 Å². The van der Waals surface area contributed by atoms with Gasteiger partial charge in [0, 0.05) is 6.54 Å². The van der Waals surface area contributed by atoms with Gasteiger partial charge in [-0.2, -0.15) is 0 Å². The first-order valence-electron chi connectivity index (χ1n) is 6.86. The molecule has 1 aliphatic rings. The minimum Gasteiger partial charge on any atom is -0.454 e. The minimum atomic E-state index is 0.198. The molecule has 1 heterocycles. The largest absolute Gasteiger partial charge is 0.454 e. The zero-order valence-electron chi connectivity index (χ0n) is 11.9. The Morgan fingerprint density at radius 1 is 1.16 bits per heavy atom. The van der Waals surface area contributed by atoms with Crippen molar-refractivity contribution >= 4 is 0 Å². The fourth-order valence-corrected chi connectivity index (χ4v) is 1.90. The molecule has 1 unspecified atom stereocenters. The van der Waals surface area contributed by atoms with E-state index in [4.69, 9.17) is 14.2 Å². The lowest BCUT2D eigenvalue weighted by Gasteiger charge is -2.15. The molecule has 0 saturated heterocycles. The fraction of sp³-hybridized carbons (Fsp3) is 0.600. The van der Waals surface area contributed by atoms with Crippen LogP contribution in [0.5, 0.6) is 11.5 Å². The van der Waals surface area contributed by atoms with Crippen molar-refractivity contribution in [3.05, 3.63) is 23.8 Å². The molecular weight excluding hydrogens is 242 g/mol. The van der Waals surface area contributed by atoms with Gasteiger partial charge >= 0.3 is 0 Å². The number of rotatable bonds is 7. The van der Waals surface area contributed by atoms with Gasteiger partial charge in [0.05, 0.1) is 12.7 Å². The van der Waals surface area contributed by atoms with E-state index in [2.05, 4.69) is 26.1 Å². The average molecular weight is 265 g/mol. The van der Waals surface area contributed by atoms with Crippen molar-refractivity contribution in [2.45, 2.75) is 33.5 Å². The van der Waals surface area contributed by atoms with Crippen molar-refractivity contribution in [1.82, 2.24) is 5.32 Å². The van der Waals surface area contributed by atoms with Crippen LogP contribution in [0.2, 0.25) is 0 Å². The molecular formula is C15H23NO3. The molecule has 0 spiro atoms. The second kappa shape index (κ2) is 6.78. The molecule has 1 atom stereocenters. The van der Waals surface area contributed by atoms with Crippen LogP contribution < -0.4 is 14.8 Å². The van der Waals surface area contributed by atoms with Crippen molar-refractivity contribution in [2.75, 3.05) is 19.9 Å². The molecule has 0 amide bonds. The highest BCUT2D eigenvalue weighted by atomic mass is 16.7. The normalized spacial score (nSPS) is 14.9. The molecule has 0 bridgehead atoms. The second-order valence-electron chi connectivity index (χ2n) is 5.36. The van der Waals surface area contributed by atoms with Crippen molar-refractivity contribution in [3.63, 3.8) is 0 Å². The van der Waals surface area contributed by atoms with E-state index >= 15 is 0 Å². The maximum Gasteiger partial charge on any atom is 0.231 e. The third-order valence-electron chi connectivity index (χ3n) is 2.96. The Morgan fingerprint density at radius 2 is 1.95 bits per heavy atom. The van der Waals surface area contributed by atoms with Crippen LogP contribution >= 0.6 is 0 Å². The molecule has 1 aliphatic heterocycles. The van der Waals surface area contributed by atoms with Crippen LogP contribution in [0.3, 0.4) is 0 Å². The summed E-state index contributed by atoms with van der Waals surface area (Å²) in [5, 5.41) is 3.39. The maximum atomic E-state index is 5.81. The molecule has 1 aromatic carbocycles.